The van der Waals surface area contributed by atoms with Crippen LogP contribution >= 0.6 is 0 Å². The number of aryl methyl sites for hydroxylation is 1. The molecule has 1 aromatic heterocycles. The van der Waals surface area contributed by atoms with Crippen LogP contribution in [0.25, 0.3) is 0 Å². The highest BCUT2D eigenvalue weighted by molar-refractivity contribution is 5.14. The van der Waals surface area contributed by atoms with Crippen LogP contribution in [-0.4, -0.2) is 20.8 Å². The quantitative estimate of drug-likeness (QED) is 0.731. The number of aliphatic hydroxyl groups excluding tert-OH is 1. The molecule has 2 rings (SSSR count). The van der Waals surface area contributed by atoms with Gasteiger partial charge < -0.3 is 22.1 Å². The van der Waals surface area contributed by atoms with Crippen molar-refractivity contribution >= 4 is 0 Å². The molecule has 0 amide bonds. The van der Waals surface area contributed by atoms with Crippen LogP contribution in [0.15, 0.2) is 49.1 Å². The standard InChI is InChI=1S/C13H16N2O.ClH/c16-13(10-15-9-8-14-11-15)7-6-12-4-2-1-3-5-12;/h1-5,8-9,11,13,16H,6-7,10H2;1H/p-1. The van der Waals surface area contributed by atoms with E-state index in [0.29, 0.717) is 6.54 Å². The minimum Gasteiger partial charge on any atom is -1.00 e. The second-order valence-electron chi connectivity index (χ2n) is 3.94. The Labute approximate surface area is 108 Å². The molecule has 0 saturated carbocycles. The molecule has 0 aliphatic rings. The predicted molar refractivity (Wildman–Crippen MR) is 63.0 cm³/mol. The number of hydrogen-bond acceptors (Lipinski definition) is 2. The minimum absolute atomic E-state index is 0. The van der Waals surface area contributed by atoms with Crippen molar-refractivity contribution in [3.05, 3.63) is 54.6 Å². The summed E-state index contributed by atoms with van der Waals surface area (Å²) in [4.78, 5) is 3.95. The average Bonchev–Trinajstić information content (AvgIpc) is 2.81. The van der Waals surface area contributed by atoms with E-state index in [0.717, 1.165) is 12.8 Å². The number of aromatic nitrogens is 2. The molecule has 92 valence electrons. The molecule has 0 spiro atoms. The van der Waals surface area contributed by atoms with E-state index >= 15 is 0 Å². The molecule has 0 aliphatic heterocycles. The summed E-state index contributed by atoms with van der Waals surface area (Å²) < 4.78 is 1.90. The average molecular weight is 252 g/mol. The summed E-state index contributed by atoms with van der Waals surface area (Å²) in [5.41, 5.74) is 1.27. The molecule has 1 N–H and O–H groups in total. The summed E-state index contributed by atoms with van der Waals surface area (Å²) in [6.45, 7) is 0.618. The highest BCUT2D eigenvalue weighted by Gasteiger charge is 2.04. The lowest BCUT2D eigenvalue weighted by Gasteiger charge is -2.10. The van der Waals surface area contributed by atoms with Crippen molar-refractivity contribution in [2.45, 2.75) is 25.5 Å². The second-order valence-corrected chi connectivity index (χ2v) is 3.94. The van der Waals surface area contributed by atoms with Crippen LogP contribution in [0.5, 0.6) is 0 Å². The highest BCUT2D eigenvalue weighted by Crippen LogP contribution is 2.06. The van der Waals surface area contributed by atoms with Gasteiger partial charge in [0, 0.05) is 18.9 Å². The van der Waals surface area contributed by atoms with Crippen LogP contribution < -0.4 is 12.4 Å². The third kappa shape index (κ3) is 4.59. The van der Waals surface area contributed by atoms with Crippen molar-refractivity contribution in [2.24, 2.45) is 0 Å². The number of imidazole rings is 1. The first-order valence-corrected chi connectivity index (χ1v) is 5.52. The first-order valence-electron chi connectivity index (χ1n) is 5.52. The van der Waals surface area contributed by atoms with E-state index in [1.165, 1.54) is 5.56 Å². The fourth-order valence-corrected chi connectivity index (χ4v) is 1.71. The molecule has 0 bridgehead atoms. The SMILES string of the molecule is OC(CCc1ccccc1)Cn1ccnc1.[Cl-]. The monoisotopic (exact) mass is 251 g/mol. The predicted octanol–water partition coefficient (Wildman–Crippen LogP) is -1.12. The van der Waals surface area contributed by atoms with Crippen molar-refractivity contribution in [1.29, 1.82) is 0 Å². The third-order valence-corrected chi connectivity index (χ3v) is 2.59. The lowest BCUT2D eigenvalue weighted by atomic mass is 10.1. The minimum atomic E-state index is -0.311. The van der Waals surface area contributed by atoms with Gasteiger partial charge in [-0.25, -0.2) is 4.98 Å². The number of nitrogens with zero attached hydrogens (tertiary/aromatic N) is 2. The zero-order valence-corrected chi connectivity index (χ0v) is 10.3. The lowest BCUT2D eigenvalue weighted by molar-refractivity contribution is -0.00000572. The van der Waals surface area contributed by atoms with E-state index in [1.54, 1.807) is 12.5 Å². The van der Waals surface area contributed by atoms with Gasteiger partial charge in [-0.3, -0.25) is 0 Å². The van der Waals surface area contributed by atoms with E-state index in [1.807, 2.05) is 29.0 Å². The van der Waals surface area contributed by atoms with Crippen molar-refractivity contribution in [3.63, 3.8) is 0 Å². The maximum Gasteiger partial charge on any atom is 0.0946 e. The zero-order valence-electron chi connectivity index (χ0n) is 9.54. The van der Waals surface area contributed by atoms with Gasteiger partial charge in [-0.15, -0.1) is 0 Å². The van der Waals surface area contributed by atoms with Crippen LogP contribution in [0, 0.1) is 0 Å². The summed E-state index contributed by atoms with van der Waals surface area (Å²) in [5, 5.41) is 9.83. The summed E-state index contributed by atoms with van der Waals surface area (Å²) in [6.07, 6.45) is 6.70. The maximum absolute atomic E-state index is 9.83. The molecule has 1 atom stereocenters. The Morgan fingerprint density at radius 1 is 1.24 bits per heavy atom. The van der Waals surface area contributed by atoms with Crippen molar-refractivity contribution in [1.82, 2.24) is 9.55 Å². The molecule has 0 saturated heterocycles. The van der Waals surface area contributed by atoms with Gasteiger partial charge in [0.05, 0.1) is 12.4 Å². The Kier molecular flexibility index (Phi) is 5.73. The molecular formula is C13H16ClN2O-. The van der Waals surface area contributed by atoms with Gasteiger partial charge in [-0.1, -0.05) is 30.3 Å². The largest absolute Gasteiger partial charge is 1.00 e. The molecule has 0 radical (unpaired) electrons. The van der Waals surface area contributed by atoms with Crippen LogP contribution in [0.1, 0.15) is 12.0 Å². The maximum atomic E-state index is 9.83. The molecule has 4 heteroatoms. The lowest BCUT2D eigenvalue weighted by Crippen LogP contribution is -3.00. The normalized spacial score (nSPS) is 11.8. The number of rotatable bonds is 5. The molecular weight excluding hydrogens is 236 g/mol. The summed E-state index contributed by atoms with van der Waals surface area (Å²) >= 11 is 0. The number of hydrogen-bond donors (Lipinski definition) is 1. The van der Waals surface area contributed by atoms with Crippen molar-refractivity contribution < 1.29 is 17.5 Å². The fourth-order valence-electron chi connectivity index (χ4n) is 1.71. The van der Waals surface area contributed by atoms with Gasteiger partial charge in [0.1, 0.15) is 0 Å². The summed E-state index contributed by atoms with van der Waals surface area (Å²) in [7, 11) is 0. The van der Waals surface area contributed by atoms with Crippen LogP contribution in [0.3, 0.4) is 0 Å². The molecule has 17 heavy (non-hydrogen) atoms. The van der Waals surface area contributed by atoms with Crippen molar-refractivity contribution in [3.8, 4) is 0 Å². The van der Waals surface area contributed by atoms with Gasteiger partial charge in [-0.05, 0) is 18.4 Å². The summed E-state index contributed by atoms with van der Waals surface area (Å²) in [5.74, 6) is 0. The Balaban J connectivity index is 0.00000144. The zero-order chi connectivity index (χ0) is 11.2. The third-order valence-electron chi connectivity index (χ3n) is 2.59. The van der Waals surface area contributed by atoms with Crippen LogP contribution in [0.4, 0.5) is 0 Å². The number of aliphatic hydroxyl groups is 1. The Hall–Kier alpha value is -1.32. The van der Waals surface area contributed by atoms with Gasteiger partial charge in [0.25, 0.3) is 0 Å². The Morgan fingerprint density at radius 2 is 2.00 bits per heavy atom. The van der Waals surface area contributed by atoms with Crippen molar-refractivity contribution in [2.75, 3.05) is 0 Å². The molecule has 0 aliphatic carbocycles. The van der Waals surface area contributed by atoms with Gasteiger partial charge in [0.2, 0.25) is 0 Å². The van der Waals surface area contributed by atoms with E-state index in [2.05, 4.69) is 17.1 Å². The van der Waals surface area contributed by atoms with Crippen LogP contribution in [-0.2, 0) is 13.0 Å². The topological polar surface area (TPSA) is 38.0 Å². The summed E-state index contributed by atoms with van der Waals surface area (Å²) in [6, 6.07) is 10.2. The van der Waals surface area contributed by atoms with Crippen LogP contribution in [0.2, 0.25) is 0 Å². The molecule has 2 aromatic rings. The van der Waals surface area contributed by atoms with E-state index < -0.39 is 0 Å². The van der Waals surface area contributed by atoms with E-state index in [9.17, 15) is 5.11 Å². The van der Waals surface area contributed by atoms with E-state index in [4.69, 9.17) is 0 Å². The molecule has 1 aromatic carbocycles. The van der Waals surface area contributed by atoms with Gasteiger partial charge >= 0.3 is 0 Å². The first-order chi connectivity index (χ1) is 7.84. The van der Waals surface area contributed by atoms with E-state index in [-0.39, 0.29) is 18.5 Å². The van der Waals surface area contributed by atoms with Gasteiger partial charge in [-0.2, -0.15) is 0 Å². The fraction of sp³-hybridized carbons (Fsp3) is 0.308. The molecule has 0 fully saturated rings. The second kappa shape index (κ2) is 7.09. The highest BCUT2D eigenvalue weighted by atomic mass is 35.5. The molecule has 3 nitrogen and oxygen atoms in total. The smallest absolute Gasteiger partial charge is 0.0946 e. The Morgan fingerprint density at radius 3 is 2.65 bits per heavy atom. The van der Waals surface area contributed by atoms with Gasteiger partial charge in [0.15, 0.2) is 0 Å². The first kappa shape index (κ1) is 13.7. The number of benzene rings is 1. The molecule has 1 unspecified atom stereocenters. The molecule has 1 heterocycles. The number of halogens is 1. The Bertz CT molecular complexity index is 403.